The molecule has 0 aliphatic rings. The van der Waals surface area contributed by atoms with Gasteiger partial charge in [0.15, 0.2) is 5.11 Å². The number of para-hydroxylation sites is 1. The molecule has 108 valence electrons. The van der Waals surface area contributed by atoms with Gasteiger partial charge in [0.1, 0.15) is 5.75 Å². The average molecular weight is 291 g/mol. The number of thiocarbonyl (C=S) groups is 1. The smallest absolute Gasteiger partial charge is 0.187 e. The first-order chi connectivity index (χ1) is 9.63. The molecule has 20 heavy (non-hydrogen) atoms. The summed E-state index contributed by atoms with van der Waals surface area (Å²) in [6.07, 6.45) is 3.42. The largest absolute Gasteiger partial charge is 0.493 e. The van der Waals surface area contributed by atoms with Gasteiger partial charge in [-0.15, -0.1) is 6.58 Å². The number of hydrogen-bond donors (Lipinski definition) is 2. The topological polar surface area (TPSA) is 45.7 Å². The third kappa shape index (κ3) is 6.33. The lowest BCUT2D eigenvalue weighted by Crippen LogP contribution is -2.31. The Balaban J connectivity index is 2.57. The van der Waals surface area contributed by atoms with Crippen molar-refractivity contribution in [2.45, 2.75) is 13.8 Å². The van der Waals surface area contributed by atoms with E-state index in [-0.39, 0.29) is 0 Å². The van der Waals surface area contributed by atoms with Gasteiger partial charge in [0.25, 0.3) is 0 Å². The van der Waals surface area contributed by atoms with E-state index in [1.165, 1.54) is 0 Å². The van der Waals surface area contributed by atoms with E-state index in [0.717, 1.165) is 11.3 Å². The predicted octanol–water partition coefficient (Wildman–Crippen LogP) is 2.71. The van der Waals surface area contributed by atoms with Crippen LogP contribution in [0.3, 0.4) is 0 Å². The molecule has 0 aromatic heterocycles. The van der Waals surface area contributed by atoms with Crippen LogP contribution in [0, 0.1) is 5.92 Å². The van der Waals surface area contributed by atoms with Crippen molar-refractivity contribution in [3.05, 3.63) is 42.5 Å². The average Bonchev–Trinajstić information content (AvgIpc) is 2.44. The molecular formula is C15H21N3OS. The number of nitrogens with zero attached hydrogens (tertiary/aromatic N) is 1. The van der Waals surface area contributed by atoms with Crippen LogP contribution in [0.1, 0.15) is 19.4 Å². The predicted molar refractivity (Wildman–Crippen MR) is 88.3 cm³/mol. The van der Waals surface area contributed by atoms with Gasteiger partial charge in [-0.25, -0.2) is 0 Å². The lowest BCUT2D eigenvalue weighted by Gasteiger charge is -2.10. The van der Waals surface area contributed by atoms with E-state index in [9.17, 15) is 0 Å². The van der Waals surface area contributed by atoms with E-state index < -0.39 is 0 Å². The van der Waals surface area contributed by atoms with Crippen molar-refractivity contribution in [2.24, 2.45) is 11.0 Å². The molecule has 0 saturated heterocycles. The third-order valence-electron chi connectivity index (χ3n) is 2.27. The van der Waals surface area contributed by atoms with Crippen LogP contribution < -0.4 is 15.5 Å². The van der Waals surface area contributed by atoms with Gasteiger partial charge in [-0.05, 0) is 30.3 Å². The summed E-state index contributed by atoms with van der Waals surface area (Å²) in [5.74, 6) is 1.30. The second kappa shape index (κ2) is 9.09. The van der Waals surface area contributed by atoms with E-state index in [1.54, 1.807) is 12.3 Å². The minimum Gasteiger partial charge on any atom is -0.493 e. The van der Waals surface area contributed by atoms with Crippen LogP contribution in [0.25, 0.3) is 0 Å². The standard InChI is InChI=1S/C15H21N3OS/c1-4-9-16-15(20)18-17-10-13-7-5-6-8-14(13)19-11-12(2)3/h4-8,10,12H,1,9,11H2,2-3H3,(H2,16,18,20)/b17-10+. The zero-order valence-corrected chi connectivity index (χ0v) is 12.7. The van der Waals surface area contributed by atoms with Crippen LogP contribution in [0.15, 0.2) is 42.0 Å². The van der Waals surface area contributed by atoms with E-state index in [0.29, 0.717) is 24.2 Å². The number of nitrogens with one attached hydrogen (secondary N) is 2. The van der Waals surface area contributed by atoms with Crippen LogP contribution in [0.4, 0.5) is 0 Å². The quantitative estimate of drug-likeness (QED) is 0.351. The van der Waals surface area contributed by atoms with Crippen LogP contribution in [-0.2, 0) is 0 Å². The SMILES string of the molecule is C=CCNC(=S)N/N=C/c1ccccc1OCC(C)C. The summed E-state index contributed by atoms with van der Waals surface area (Å²) in [4.78, 5) is 0. The summed E-state index contributed by atoms with van der Waals surface area (Å²) in [5.41, 5.74) is 3.65. The summed E-state index contributed by atoms with van der Waals surface area (Å²) in [6, 6.07) is 7.76. The van der Waals surface area contributed by atoms with Crippen LogP contribution >= 0.6 is 12.2 Å². The fourth-order valence-electron chi connectivity index (χ4n) is 1.34. The first kappa shape index (κ1) is 16.2. The van der Waals surface area contributed by atoms with E-state index in [1.807, 2.05) is 24.3 Å². The second-order valence-corrected chi connectivity index (χ2v) is 5.02. The Bertz CT molecular complexity index is 472. The van der Waals surface area contributed by atoms with Crippen molar-refractivity contribution in [3.63, 3.8) is 0 Å². The molecule has 4 nitrogen and oxygen atoms in total. The van der Waals surface area contributed by atoms with Gasteiger partial charge in [0.2, 0.25) is 0 Å². The molecule has 1 rings (SSSR count). The molecule has 0 radical (unpaired) electrons. The van der Waals surface area contributed by atoms with E-state index in [2.05, 4.69) is 36.3 Å². The Hall–Kier alpha value is -1.88. The molecule has 0 bridgehead atoms. The molecule has 1 aromatic rings. The Labute approximate surface area is 125 Å². The van der Waals surface area contributed by atoms with Crippen LogP contribution in [0.2, 0.25) is 0 Å². The molecule has 0 amide bonds. The number of ether oxygens (including phenoxy) is 1. The molecule has 0 heterocycles. The second-order valence-electron chi connectivity index (χ2n) is 4.61. The van der Waals surface area contributed by atoms with Crippen molar-refractivity contribution >= 4 is 23.5 Å². The van der Waals surface area contributed by atoms with Gasteiger partial charge >= 0.3 is 0 Å². The highest BCUT2D eigenvalue weighted by atomic mass is 32.1. The lowest BCUT2D eigenvalue weighted by atomic mass is 10.2. The van der Waals surface area contributed by atoms with Gasteiger partial charge in [-0.1, -0.05) is 32.1 Å². The molecule has 0 aliphatic carbocycles. The maximum atomic E-state index is 5.74. The molecule has 0 saturated carbocycles. The number of hydrazone groups is 1. The van der Waals surface area contributed by atoms with Crippen molar-refractivity contribution in [3.8, 4) is 5.75 Å². The van der Waals surface area contributed by atoms with Gasteiger partial charge in [-0.3, -0.25) is 5.43 Å². The van der Waals surface area contributed by atoms with Gasteiger partial charge < -0.3 is 10.1 Å². The fourth-order valence-corrected chi connectivity index (χ4v) is 1.48. The molecule has 0 fully saturated rings. The highest BCUT2D eigenvalue weighted by molar-refractivity contribution is 7.80. The molecule has 0 unspecified atom stereocenters. The first-order valence-corrected chi connectivity index (χ1v) is 6.94. The molecule has 0 aliphatic heterocycles. The molecule has 2 N–H and O–H groups in total. The number of benzene rings is 1. The summed E-state index contributed by atoms with van der Waals surface area (Å²) < 4.78 is 5.74. The van der Waals surface area contributed by atoms with Crippen LogP contribution in [-0.4, -0.2) is 24.5 Å². The van der Waals surface area contributed by atoms with Gasteiger partial charge in [0, 0.05) is 12.1 Å². The van der Waals surface area contributed by atoms with Crippen molar-refractivity contribution in [2.75, 3.05) is 13.2 Å². The van der Waals surface area contributed by atoms with E-state index in [4.69, 9.17) is 17.0 Å². The van der Waals surface area contributed by atoms with Crippen LogP contribution in [0.5, 0.6) is 5.75 Å². The first-order valence-electron chi connectivity index (χ1n) is 6.53. The van der Waals surface area contributed by atoms with E-state index >= 15 is 0 Å². The summed E-state index contributed by atoms with van der Waals surface area (Å²) in [7, 11) is 0. The molecule has 0 spiro atoms. The normalized spacial score (nSPS) is 10.6. The van der Waals surface area contributed by atoms with Crippen molar-refractivity contribution in [1.29, 1.82) is 0 Å². The minimum atomic E-state index is 0.460. The third-order valence-corrected chi connectivity index (χ3v) is 2.50. The molecule has 0 atom stereocenters. The Kier molecular flexibility index (Phi) is 7.35. The van der Waals surface area contributed by atoms with Gasteiger partial charge in [-0.2, -0.15) is 5.10 Å². The Morgan fingerprint density at radius 1 is 1.45 bits per heavy atom. The Morgan fingerprint density at radius 2 is 2.20 bits per heavy atom. The summed E-state index contributed by atoms with van der Waals surface area (Å²) >= 11 is 5.04. The Morgan fingerprint density at radius 3 is 2.90 bits per heavy atom. The van der Waals surface area contributed by atoms with Crippen molar-refractivity contribution in [1.82, 2.24) is 10.7 Å². The maximum absolute atomic E-state index is 5.74. The minimum absolute atomic E-state index is 0.460. The fraction of sp³-hybridized carbons (Fsp3) is 0.333. The highest BCUT2D eigenvalue weighted by Gasteiger charge is 2.02. The zero-order chi connectivity index (χ0) is 14.8. The highest BCUT2D eigenvalue weighted by Crippen LogP contribution is 2.16. The molecule has 5 heteroatoms. The number of hydrogen-bond acceptors (Lipinski definition) is 3. The molecular weight excluding hydrogens is 270 g/mol. The molecule has 1 aromatic carbocycles. The monoisotopic (exact) mass is 291 g/mol. The summed E-state index contributed by atoms with van der Waals surface area (Å²) in [5, 5.41) is 7.48. The lowest BCUT2D eigenvalue weighted by molar-refractivity contribution is 0.270. The number of rotatable bonds is 7. The van der Waals surface area contributed by atoms with Gasteiger partial charge in [0.05, 0.1) is 12.8 Å². The summed E-state index contributed by atoms with van der Waals surface area (Å²) in [6.45, 7) is 9.11. The van der Waals surface area contributed by atoms with Crippen molar-refractivity contribution < 1.29 is 4.74 Å². The maximum Gasteiger partial charge on any atom is 0.187 e. The zero-order valence-electron chi connectivity index (χ0n) is 11.9.